The Bertz CT molecular complexity index is 1130. The molecule has 160 valence electrons. The number of aromatic amines is 1. The van der Waals surface area contributed by atoms with Gasteiger partial charge in [0.05, 0.1) is 29.8 Å². The van der Waals surface area contributed by atoms with Gasteiger partial charge in [-0.05, 0) is 18.9 Å². The molecule has 0 saturated carbocycles. The molecule has 4 rings (SSSR count). The lowest BCUT2D eigenvalue weighted by Crippen LogP contribution is -2.28. The third-order valence-electron chi connectivity index (χ3n) is 5.11. The van der Waals surface area contributed by atoms with Crippen LogP contribution in [-0.2, 0) is 14.3 Å². The predicted molar refractivity (Wildman–Crippen MR) is 118 cm³/mol. The molecule has 2 N–H and O–H groups in total. The molecule has 1 fully saturated rings. The first-order valence-corrected chi connectivity index (χ1v) is 12.0. The van der Waals surface area contributed by atoms with Crippen LogP contribution >= 0.6 is 11.6 Å². The zero-order valence-corrected chi connectivity index (χ0v) is 18.2. The summed E-state index contributed by atoms with van der Waals surface area (Å²) in [6.45, 7) is 2.77. The van der Waals surface area contributed by atoms with E-state index in [1.54, 1.807) is 6.20 Å². The number of anilines is 1. The number of para-hydroxylation sites is 1. The van der Waals surface area contributed by atoms with Crippen molar-refractivity contribution in [1.82, 2.24) is 19.9 Å². The summed E-state index contributed by atoms with van der Waals surface area (Å²) in [6.07, 6.45) is 6.24. The average Bonchev–Trinajstić information content (AvgIpc) is 3.33. The van der Waals surface area contributed by atoms with Gasteiger partial charge in [0.2, 0.25) is 5.95 Å². The van der Waals surface area contributed by atoms with Crippen molar-refractivity contribution >= 4 is 38.6 Å². The fraction of sp³-hybridized carbons (Fsp3) is 0.400. The minimum absolute atomic E-state index is 0.210. The van der Waals surface area contributed by atoms with E-state index in [0.29, 0.717) is 23.1 Å². The highest BCUT2D eigenvalue weighted by atomic mass is 35.5. The van der Waals surface area contributed by atoms with Gasteiger partial charge in [0, 0.05) is 48.3 Å². The molecule has 1 saturated heterocycles. The van der Waals surface area contributed by atoms with Crippen molar-refractivity contribution in [2.45, 2.75) is 18.9 Å². The fourth-order valence-electron chi connectivity index (χ4n) is 3.73. The number of aromatic nitrogens is 3. The number of rotatable bonds is 8. The SMILES string of the molecule is CS(=O)(=O)OCCCN1CC[C@@H](Nc2ncc(Cl)c(-c3c[nH]c4ccccc34)n2)C1. The van der Waals surface area contributed by atoms with Crippen LogP contribution in [0.2, 0.25) is 5.02 Å². The Kier molecular flexibility index (Phi) is 6.24. The zero-order valence-electron chi connectivity index (χ0n) is 16.6. The zero-order chi connectivity index (χ0) is 21.1. The number of fused-ring (bicyclic) bond motifs is 1. The summed E-state index contributed by atoms with van der Waals surface area (Å²) in [5, 5.41) is 4.97. The number of hydrogen-bond donors (Lipinski definition) is 2. The molecule has 10 heteroatoms. The predicted octanol–water partition coefficient (Wildman–Crippen LogP) is 3.13. The molecule has 0 amide bonds. The minimum Gasteiger partial charge on any atom is -0.360 e. The molecule has 1 atom stereocenters. The highest BCUT2D eigenvalue weighted by Gasteiger charge is 2.23. The Morgan fingerprint density at radius 2 is 2.20 bits per heavy atom. The van der Waals surface area contributed by atoms with Crippen molar-refractivity contribution in [3.8, 4) is 11.3 Å². The van der Waals surface area contributed by atoms with Crippen molar-refractivity contribution in [2.24, 2.45) is 0 Å². The van der Waals surface area contributed by atoms with Gasteiger partial charge < -0.3 is 15.2 Å². The van der Waals surface area contributed by atoms with E-state index in [9.17, 15) is 8.42 Å². The molecular weight excluding hydrogens is 426 g/mol. The topological polar surface area (TPSA) is 100 Å². The van der Waals surface area contributed by atoms with Crippen LogP contribution in [0.3, 0.4) is 0 Å². The van der Waals surface area contributed by atoms with Crippen molar-refractivity contribution < 1.29 is 12.6 Å². The number of likely N-dealkylation sites (tertiary alicyclic amines) is 1. The number of H-pyrrole nitrogens is 1. The summed E-state index contributed by atoms with van der Waals surface area (Å²) in [5.41, 5.74) is 2.67. The maximum Gasteiger partial charge on any atom is 0.264 e. The Morgan fingerprint density at radius 3 is 3.03 bits per heavy atom. The van der Waals surface area contributed by atoms with Gasteiger partial charge >= 0.3 is 0 Å². The smallest absolute Gasteiger partial charge is 0.264 e. The summed E-state index contributed by atoms with van der Waals surface area (Å²) in [7, 11) is -3.37. The molecule has 0 unspecified atom stereocenters. The third kappa shape index (κ3) is 5.10. The van der Waals surface area contributed by atoms with E-state index in [1.165, 1.54) is 0 Å². The highest BCUT2D eigenvalue weighted by Crippen LogP contribution is 2.32. The van der Waals surface area contributed by atoms with Crippen LogP contribution in [-0.4, -0.2) is 66.8 Å². The Hall–Kier alpha value is -2.20. The van der Waals surface area contributed by atoms with E-state index in [1.807, 2.05) is 30.5 Å². The molecule has 3 heterocycles. The van der Waals surface area contributed by atoms with Crippen molar-refractivity contribution in [3.63, 3.8) is 0 Å². The Labute approximate surface area is 180 Å². The molecule has 8 nitrogen and oxygen atoms in total. The lowest BCUT2D eigenvalue weighted by atomic mass is 10.1. The summed E-state index contributed by atoms with van der Waals surface area (Å²) >= 11 is 6.40. The van der Waals surface area contributed by atoms with Crippen molar-refractivity contribution in [2.75, 3.05) is 37.8 Å². The molecule has 1 aliphatic rings. The minimum atomic E-state index is -3.37. The van der Waals surface area contributed by atoms with E-state index in [-0.39, 0.29) is 12.6 Å². The molecule has 0 aliphatic carbocycles. The molecule has 1 aliphatic heterocycles. The molecule has 0 spiro atoms. The van der Waals surface area contributed by atoms with Gasteiger partial charge in [-0.1, -0.05) is 29.8 Å². The maximum atomic E-state index is 11.0. The fourth-order valence-corrected chi connectivity index (χ4v) is 4.34. The molecule has 1 aromatic carbocycles. The number of nitrogens with one attached hydrogen (secondary N) is 2. The quantitative estimate of drug-likeness (QED) is 0.402. The van der Waals surface area contributed by atoms with Crippen LogP contribution in [0.1, 0.15) is 12.8 Å². The summed E-state index contributed by atoms with van der Waals surface area (Å²) in [4.78, 5) is 14.6. The first kappa shape index (κ1) is 21.0. The highest BCUT2D eigenvalue weighted by molar-refractivity contribution is 7.85. The van der Waals surface area contributed by atoms with Crippen LogP contribution in [0.25, 0.3) is 22.2 Å². The van der Waals surface area contributed by atoms with Crippen LogP contribution in [0.4, 0.5) is 5.95 Å². The van der Waals surface area contributed by atoms with E-state index in [0.717, 1.165) is 48.8 Å². The average molecular weight is 450 g/mol. The van der Waals surface area contributed by atoms with Crippen LogP contribution < -0.4 is 5.32 Å². The molecule has 0 bridgehead atoms. The second-order valence-electron chi connectivity index (χ2n) is 7.45. The van der Waals surface area contributed by atoms with Gasteiger partial charge in [-0.2, -0.15) is 8.42 Å². The van der Waals surface area contributed by atoms with Crippen LogP contribution in [0.15, 0.2) is 36.7 Å². The van der Waals surface area contributed by atoms with Crippen molar-refractivity contribution in [1.29, 1.82) is 0 Å². The summed E-state index contributed by atoms with van der Waals surface area (Å²) in [5.74, 6) is 0.548. The monoisotopic (exact) mass is 449 g/mol. The first-order chi connectivity index (χ1) is 14.4. The number of benzene rings is 1. The Morgan fingerprint density at radius 1 is 1.37 bits per heavy atom. The normalized spacial score (nSPS) is 17.6. The molecule has 3 aromatic rings. The van der Waals surface area contributed by atoms with E-state index < -0.39 is 10.1 Å². The third-order valence-corrected chi connectivity index (χ3v) is 5.98. The molecular formula is C20H24ClN5O3S. The lowest BCUT2D eigenvalue weighted by Gasteiger charge is -2.16. The lowest BCUT2D eigenvalue weighted by molar-refractivity contribution is 0.267. The number of nitrogens with zero attached hydrogens (tertiary/aromatic N) is 3. The first-order valence-electron chi connectivity index (χ1n) is 9.81. The Balaban J connectivity index is 1.38. The van der Waals surface area contributed by atoms with E-state index >= 15 is 0 Å². The number of halogens is 1. The van der Waals surface area contributed by atoms with E-state index in [4.69, 9.17) is 15.8 Å². The van der Waals surface area contributed by atoms with Crippen LogP contribution in [0.5, 0.6) is 0 Å². The van der Waals surface area contributed by atoms with Gasteiger partial charge in [-0.25, -0.2) is 9.97 Å². The molecule has 30 heavy (non-hydrogen) atoms. The second kappa shape index (κ2) is 8.89. The van der Waals surface area contributed by atoms with Gasteiger partial charge in [0.15, 0.2) is 0 Å². The maximum absolute atomic E-state index is 11.0. The molecule has 2 aromatic heterocycles. The van der Waals surface area contributed by atoms with Gasteiger partial charge in [0.1, 0.15) is 0 Å². The second-order valence-corrected chi connectivity index (χ2v) is 9.50. The van der Waals surface area contributed by atoms with Crippen LogP contribution in [0, 0.1) is 0 Å². The standard InChI is InChI=1S/C20H24ClN5O3S/c1-30(27,28)29-10-4-8-26-9-7-14(13-26)24-20-23-12-17(21)19(25-20)16-11-22-18-6-3-2-5-15(16)18/h2-3,5-6,11-12,14,22H,4,7-10,13H2,1H3,(H,23,24,25)/t14-/m1/s1. The van der Waals surface area contributed by atoms with Gasteiger partial charge in [-0.15, -0.1) is 0 Å². The summed E-state index contributed by atoms with van der Waals surface area (Å²) in [6, 6.07) is 8.24. The van der Waals surface area contributed by atoms with Gasteiger partial charge in [-0.3, -0.25) is 4.18 Å². The molecule has 0 radical (unpaired) electrons. The van der Waals surface area contributed by atoms with Crippen molar-refractivity contribution in [3.05, 3.63) is 41.7 Å². The summed E-state index contributed by atoms with van der Waals surface area (Å²) < 4.78 is 26.8. The van der Waals surface area contributed by atoms with Gasteiger partial charge in [0.25, 0.3) is 10.1 Å². The largest absolute Gasteiger partial charge is 0.360 e. The number of hydrogen-bond acceptors (Lipinski definition) is 7. The van der Waals surface area contributed by atoms with E-state index in [2.05, 4.69) is 25.2 Å².